The van der Waals surface area contributed by atoms with Crippen molar-refractivity contribution in [1.29, 1.82) is 0 Å². The largest absolute Gasteiger partial charge is 0.351 e. The molecule has 104 valence electrons. The van der Waals surface area contributed by atoms with Crippen molar-refractivity contribution in [2.24, 2.45) is 0 Å². The average Bonchev–Trinajstić information content (AvgIpc) is 3.24. The predicted molar refractivity (Wildman–Crippen MR) is 67.7 cm³/mol. The molecule has 1 saturated carbocycles. The highest BCUT2D eigenvalue weighted by molar-refractivity contribution is 7.90. The summed E-state index contributed by atoms with van der Waals surface area (Å²) in [6.07, 6.45) is 3.95. The van der Waals surface area contributed by atoms with Crippen molar-refractivity contribution < 1.29 is 12.8 Å². The first-order valence-corrected chi connectivity index (χ1v) is 7.79. The summed E-state index contributed by atoms with van der Waals surface area (Å²) >= 11 is 0. The monoisotopic (exact) mass is 286 g/mol. The topological polar surface area (TPSA) is 66.4 Å². The molecule has 0 N–H and O–H groups in total. The lowest BCUT2D eigenvalue weighted by molar-refractivity contribution is 0.381. The van der Waals surface area contributed by atoms with Crippen LogP contribution in [0, 0.1) is 5.82 Å². The SMILES string of the molecule is O=S(=O)(C1CC1)N1CCN(c2ncncc2F)CC1. The quantitative estimate of drug-likeness (QED) is 0.796. The van der Waals surface area contributed by atoms with Gasteiger partial charge in [0, 0.05) is 26.2 Å². The molecule has 0 bridgehead atoms. The molecule has 1 aromatic heterocycles. The zero-order valence-corrected chi connectivity index (χ0v) is 11.2. The van der Waals surface area contributed by atoms with E-state index < -0.39 is 15.8 Å². The van der Waals surface area contributed by atoms with Crippen LogP contribution >= 0.6 is 0 Å². The molecule has 0 spiro atoms. The molecule has 1 aliphatic heterocycles. The van der Waals surface area contributed by atoms with E-state index in [1.807, 2.05) is 0 Å². The van der Waals surface area contributed by atoms with Gasteiger partial charge < -0.3 is 4.90 Å². The van der Waals surface area contributed by atoms with E-state index >= 15 is 0 Å². The normalized spacial score (nSPS) is 21.6. The molecular weight excluding hydrogens is 271 g/mol. The standard InChI is InChI=1S/C11H15FN4O2S/c12-10-7-13-8-14-11(10)15-3-5-16(6-4-15)19(17,18)9-1-2-9/h7-9H,1-6H2. The van der Waals surface area contributed by atoms with E-state index in [1.165, 1.54) is 10.6 Å². The maximum absolute atomic E-state index is 13.5. The van der Waals surface area contributed by atoms with Crippen molar-refractivity contribution in [3.8, 4) is 0 Å². The molecule has 8 heteroatoms. The van der Waals surface area contributed by atoms with E-state index in [9.17, 15) is 12.8 Å². The number of hydrogen-bond donors (Lipinski definition) is 0. The molecule has 19 heavy (non-hydrogen) atoms. The van der Waals surface area contributed by atoms with Gasteiger partial charge in [-0.15, -0.1) is 0 Å². The number of sulfonamides is 1. The highest BCUT2D eigenvalue weighted by Gasteiger charge is 2.41. The van der Waals surface area contributed by atoms with Gasteiger partial charge in [-0.25, -0.2) is 22.8 Å². The van der Waals surface area contributed by atoms with E-state index in [1.54, 1.807) is 4.90 Å². The van der Waals surface area contributed by atoms with Gasteiger partial charge in [0.15, 0.2) is 11.6 Å². The smallest absolute Gasteiger partial charge is 0.217 e. The number of anilines is 1. The highest BCUT2D eigenvalue weighted by Crippen LogP contribution is 2.31. The van der Waals surface area contributed by atoms with E-state index in [0.29, 0.717) is 26.2 Å². The van der Waals surface area contributed by atoms with Crippen molar-refractivity contribution in [3.63, 3.8) is 0 Å². The van der Waals surface area contributed by atoms with Crippen LogP contribution in [0.5, 0.6) is 0 Å². The van der Waals surface area contributed by atoms with Gasteiger partial charge in [-0.2, -0.15) is 4.31 Å². The second-order valence-electron chi connectivity index (χ2n) is 4.82. The van der Waals surface area contributed by atoms with E-state index in [-0.39, 0.29) is 11.1 Å². The molecule has 6 nitrogen and oxygen atoms in total. The number of nitrogens with zero attached hydrogens (tertiary/aromatic N) is 4. The molecule has 2 aliphatic rings. The molecule has 0 aromatic carbocycles. The van der Waals surface area contributed by atoms with Crippen LogP contribution in [0.2, 0.25) is 0 Å². The molecule has 2 heterocycles. The summed E-state index contributed by atoms with van der Waals surface area (Å²) in [7, 11) is -3.12. The van der Waals surface area contributed by atoms with Crippen LogP contribution in [0.4, 0.5) is 10.2 Å². The van der Waals surface area contributed by atoms with Gasteiger partial charge in [0.05, 0.1) is 11.4 Å². The summed E-state index contributed by atoms with van der Waals surface area (Å²) in [4.78, 5) is 9.27. The van der Waals surface area contributed by atoms with Gasteiger partial charge in [0.1, 0.15) is 6.33 Å². The van der Waals surface area contributed by atoms with Gasteiger partial charge in [0.25, 0.3) is 0 Å². The minimum atomic E-state index is -3.12. The highest BCUT2D eigenvalue weighted by atomic mass is 32.2. The fraction of sp³-hybridized carbons (Fsp3) is 0.636. The molecule has 1 aliphatic carbocycles. The second kappa shape index (κ2) is 4.68. The third kappa shape index (κ3) is 2.42. The van der Waals surface area contributed by atoms with Crippen LogP contribution in [-0.4, -0.2) is 54.1 Å². The first-order valence-electron chi connectivity index (χ1n) is 6.28. The van der Waals surface area contributed by atoms with Crippen molar-refractivity contribution in [1.82, 2.24) is 14.3 Å². The van der Waals surface area contributed by atoms with Crippen molar-refractivity contribution in [2.45, 2.75) is 18.1 Å². The predicted octanol–water partition coefficient (Wildman–Crippen LogP) is 0.230. The Balaban J connectivity index is 1.68. The summed E-state index contributed by atoms with van der Waals surface area (Å²) in [5.74, 6) is -0.223. The lowest BCUT2D eigenvalue weighted by Crippen LogP contribution is -2.50. The van der Waals surface area contributed by atoms with Crippen LogP contribution in [0.1, 0.15) is 12.8 Å². The van der Waals surface area contributed by atoms with Crippen molar-refractivity contribution >= 4 is 15.8 Å². The first-order chi connectivity index (χ1) is 9.09. The van der Waals surface area contributed by atoms with Gasteiger partial charge in [-0.1, -0.05) is 0 Å². The van der Waals surface area contributed by atoms with Gasteiger partial charge in [-0.05, 0) is 12.8 Å². The van der Waals surface area contributed by atoms with Crippen LogP contribution in [0.15, 0.2) is 12.5 Å². The third-order valence-corrected chi connectivity index (χ3v) is 5.89. The van der Waals surface area contributed by atoms with Crippen molar-refractivity contribution in [2.75, 3.05) is 31.1 Å². The molecule has 0 atom stereocenters. The Labute approximate surface area is 111 Å². The molecule has 2 fully saturated rings. The summed E-state index contributed by atoms with van der Waals surface area (Å²) < 4.78 is 39.2. The number of rotatable bonds is 3. The summed E-state index contributed by atoms with van der Waals surface area (Å²) in [5.41, 5.74) is 0. The van der Waals surface area contributed by atoms with Gasteiger partial charge >= 0.3 is 0 Å². The third-order valence-electron chi connectivity index (χ3n) is 3.49. The average molecular weight is 286 g/mol. The van der Waals surface area contributed by atoms with E-state index in [2.05, 4.69) is 9.97 Å². The zero-order valence-electron chi connectivity index (χ0n) is 10.4. The molecule has 0 radical (unpaired) electrons. The lowest BCUT2D eigenvalue weighted by atomic mass is 10.3. The minimum absolute atomic E-state index is 0.185. The van der Waals surface area contributed by atoms with E-state index in [4.69, 9.17) is 0 Å². The van der Waals surface area contributed by atoms with Crippen LogP contribution in [-0.2, 0) is 10.0 Å². The Morgan fingerprint density at radius 1 is 1.21 bits per heavy atom. The fourth-order valence-electron chi connectivity index (χ4n) is 2.27. The number of aromatic nitrogens is 2. The summed E-state index contributed by atoms with van der Waals surface area (Å²) in [5, 5.41) is -0.185. The second-order valence-corrected chi connectivity index (χ2v) is 7.04. The first kappa shape index (κ1) is 12.7. The lowest BCUT2D eigenvalue weighted by Gasteiger charge is -2.34. The Hall–Kier alpha value is -1.28. The Morgan fingerprint density at radius 3 is 2.47 bits per heavy atom. The maximum atomic E-state index is 13.5. The summed E-state index contributed by atoms with van der Waals surface area (Å²) in [6, 6.07) is 0. The molecule has 0 amide bonds. The Bertz CT molecular complexity index is 568. The Kier molecular flexibility index (Phi) is 3.14. The van der Waals surface area contributed by atoms with Gasteiger partial charge in [-0.3, -0.25) is 0 Å². The molecular formula is C11H15FN4O2S. The molecule has 1 aromatic rings. The molecule has 3 rings (SSSR count). The van der Waals surface area contributed by atoms with Crippen LogP contribution in [0.3, 0.4) is 0 Å². The fourth-order valence-corrected chi connectivity index (χ4v) is 4.10. The van der Waals surface area contributed by atoms with Gasteiger partial charge in [0.2, 0.25) is 10.0 Å². The Morgan fingerprint density at radius 2 is 1.89 bits per heavy atom. The van der Waals surface area contributed by atoms with Crippen LogP contribution in [0.25, 0.3) is 0 Å². The maximum Gasteiger partial charge on any atom is 0.217 e. The van der Waals surface area contributed by atoms with Crippen molar-refractivity contribution in [3.05, 3.63) is 18.3 Å². The van der Waals surface area contributed by atoms with Crippen LogP contribution < -0.4 is 4.90 Å². The van der Waals surface area contributed by atoms with E-state index in [0.717, 1.165) is 19.0 Å². The molecule has 0 unspecified atom stereocenters. The number of halogens is 1. The summed E-state index contributed by atoms with van der Waals surface area (Å²) in [6.45, 7) is 1.70. The number of hydrogen-bond acceptors (Lipinski definition) is 5. The zero-order chi connectivity index (χ0) is 13.5. The minimum Gasteiger partial charge on any atom is -0.351 e. The molecule has 1 saturated heterocycles. The number of piperazine rings is 1.